The Kier molecular flexibility index (Phi) is 7.73. The number of esters is 1. The minimum atomic E-state index is -1.25. The van der Waals surface area contributed by atoms with E-state index < -0.39 is 8.07 Å². The number of carbonyl (C=O) groups excluding carboxylic acids is 1. The summed E-state index contributed by atoms with van der Waals surface area (Å²) in [5.41, 5.74) is 7.07. The predicted molar refractivity (Wildman–Crippen MR) is 123 cm³/mol. The van der Waals surface area contributed by atoms with Gasteiger partial charge in [-0.3, -0.25) is 0 Å². The highest BCUT2D eigenvalue weighted by Gasteiger charge is 2.23. The summed E-state index contributed by atoms with van der Waals surface area (Å²) in [7, 11) is -1.25. The molecule has 29 heavy (non-hydrogen) atoms. The molecule has 1 aromatic rings. The van der Waals surface area contributed by atoms with Crippen molar-refractivity contribution in [2.24, 2.45) is 5.92 Å². The molecule has 4 heteroatoms. The first kappa shape index (κ1) is 23.2. The number of fused-ring (bicyclic) bond motifs is 2. The Hall–Kier alpha value is -2.03. The minimum absolute atomic E-state index is 0.103. The molecular weight excluding hydrogens is 376 g/mol. The molecule has 158 valence electrons. The second-order valence-corrected chi connectivity index (χ2v) is 15.2. The van der Waals surface area contributed by atoms with Crippen LogP contribution in [0.15, 0.2) is 52.2 Å². The highest BCUT2D eigenvalue weighted by molar-refractivity contribution is 6.76. The van der Waals surface area contributed by atoms with E-state index in [0.29, 0.717) is 18.6 Å². The van der Waals surface area contributed by atoms with Crippen LogP contribution < -0.4 is 0 Å². The third kappa shape index (κ3) is 6.76. The van der Waals surface area contributed by atoms with Crippen molar-refractivity contribution >= 4 is 14.0 Å². The van der Waals surface area contributed by atoms with E-state index in [1.807, 2.05) is 19.9 Å². The van der Waals surface area contributed by atoms with Crippen LogP contribution in [0.5, 0.6) is 0 Å². The molecule has 0 radical (unpaired) electrons. The first-order valence-corrected chi connectivity index (χ1v) is 14.2. The average molecular weight is 413 g/mol. The predicted octanol–water partition coefficient (Wildman–Crippen LogP) is 6.74. The number of carbonyl (C=O) groups is 1. The molecule has 0 aromatic carbocycles. The van der Waals surface area contributed by atoms with Crippen molar-refractivity contribution in [3.05, 3.63) is 64.8 Å². The zero-order valence-electron chi connectivity index (χ0n) is 19.0. The third-order valence-electron chi connectivity index (χ3n) is 5.50. The van der Waals surface area contributed by atoms with Crippen LogP contribution in [0.25, 0.3) is 0 Å². The molecule has 1 aliphatic heterocycles. The third-order valence-corrected chi connectivity index (χ3v) is 7.21. The summed E-state index contributed by atoms with van der Waals surface area (Å²) in [6.07, 6.45) is 4.14. The summed E-state index contributed by atoms with van der Waals surface area (Å²) < 4.78 is 11.8. The summed E-state index contributed by atoms with van der Waals surface area (Å²) in [6, 6.07) is 3.04. The molecule has 0 fully saturated rings. The molecule has 2 bridgehead atoms. The van der Waals surface area contributed by atoms with E-state index in [4.69, 9.17) is 9.15 Å². The Balaban J connectivity index is 2.37. The SMILES string of the molecule is C=C(C)[C@@H]1CCC(C(=O)OCC[Si](C)(C)C)=C=C[C@@H](C(=C)C)c2cc(C)c(o2)C1. The number of aryl methyl sites for hydroxylation is 1. The van der Waals surface area contributed by atoms with Gasteiger partial charge in [0, 0.05) is 14.5 Å². The van der Waals surface area contributed by atoms with Gasteiger partial charge in [-0.2, -0.15) is 0 Å². The second kappa shape index (κ2) is 9.64. The topological polar surface area (TPSA) is 39.4 Å². The molecule has 0 aliphatic carbocycles. The fraction of sp³-hybridized carbons (Fsp3) is 0.520. The molecule has 2 heterocycles. The first-order chi connectivity index (χ1) is 13.5. The van der Waals surface area contributed by atoms with Gasteiger partial charge in [-0.1, -0.05) is 43.9 Å². The number of hydrogen-bond acceptors (Lipinski definition) is 3. The lowest BCUT2D eigenvalue weighted by Crippen LogP contribution is -2.23. The van der Waals surface area contributed by atoms with Gasteiger partial charge in [-0.15, -0.1) is 5.73 Å². The molecule has 1 aromatic heterocycles. The molecule has 0 N–H and O–H groups in total. The Morgan fingerprint density at radius 2 is 1.97 bits per heavy atom. The number of hydrogen-bond donors (Lipinski definition) is 0. The highest BCUT2D eigenvalue weighted by Crippen LogP contribution is 2.33. The fourth-order valence-corrected chi connectivity index (χ4v) is 4.10. The van der Waals surface area contributed by atoms with Crippen LogP contribution in [-0.2, 0) is 16.0 Å². The van der Waals surface area contributed by atoms with E-state index >= 15 is 0 Å². The molecule has 2 atom stereocenters. The Bertz CT molecular complexity index is 844. The Labute approximate surface area is 177 Å². The van der Waals surface area contributed by atoms with Gasteiger partial charge < -0.3 is 9.15 Å². The van der Waals surface area contributed by atoms with Gasteiger partial charge in [0.25, 0.3) is 0 Å². The molecule has 0 saturated carbocycles. The van der Waals surface area contributed by atoms with E-state index in [0.717, 1.165) is 47.1 Å². The van der Waals surface area contributed by atoms with Crippen molar-refractivity contribution in [3.63, 3.8) is 0 Å². The lowest BCUT2D eigenvalue weighted by Gasteiger charge is -2.17. The van der Waals surface area contributed by atoms with Crippen LogP contribution in [-0.4, -0.2) is 20.7 Å². The molecule has 0 spiro atoms. The lowest BCUT2D eigenvalue weighted by molar-refractivity contribution is -0.138. The molecule has 3 nitrogen and oxygen atoms in total. The zero-order valence-corrected chi connectivity index (χ0v) is 20.0. The van der Waals surface area contributed by atoms with E-state index in [2.05, 4.69) is 51.5 Å². The standard InChI is InChI=1S/C25H36O3Si/c1-17(2)21-10-9-20(25(26)27-13-14-29(6,7)8)11-12-22(18(3)4)24-15-19(5)23(16-21)28-24/h12,15,21-22H,1,3,9-10,13-14,16H2,2,4-8H3/t11?,21-,22+/m1/s1. The summed E-state index contributed by atoms with van der Waals surface area (Å²) >= 11 is 0. The van der Waals surface area contributed by atoms with Gasteiger partial charge >= 0.3 is 5.97 Å². The molecule has 2 rings (SSSR count). The number of rotatable bonds is 6. The molecular formula is C25H36O3Si. The maximum absolute atomic E-state index is 12.8. The smallest absolute Gasteiger partial charge is 0.341 e. The Morgan fingerprint density at radius 3 is 2.55 bits per heavy atom. The maximum atomic E-state index is 12.8. The molecule has 0 saturated heterocycles. The summed E-state index contributed by atoms with van der Waals surface area (Å²) in [5.74, 6) is 1.74. The van der Waals surface area contributed by atoms with E-state index in [-0.39, 0.29) is 17.8 Å². The highest BCUT2D eigenvalue weighted by atomic mass is 28.3. The van der Waals surface area contributed by atoms with Crippen LogP contribution >= 0.6 is 0 Å². The van der Waals surface area contributed by atoms with Crippen molar-refractivity contribution < 1.29 is 13.9 Å². The van der Waals surface area contributed by atoms with Gasteiger partial charge in [0.1, 0.15) is 11.5 Å². The largest absolute Gasteiger partial charge is 0.465 e. The van der Waals surface area contributed by atoms with Crippen LogP contribution in [0.4, 0.5) is 0 Å². The van der Waals surface area contributed by atoms with Crippen molar-refractivity contribution in [1.29, 1.82) is 0 Å². The summed E-state index contributed by atoms with van der Waals surface area (Å²) in [5, 5.41) is 0. The van der Waals surface area contributed by atoms with Crippen molar-refractivity contribution in [1.82, 2.24) is 0 Å². The van der Waals surface area contributed by atoms with Crippen LogP contribution in [0.3, 0.4) is 0 Å². The zero-order chi connectivity index (χ0) is 21.8. The van der Waals surface area contributed by atoms with Crippen molar-refractivity contribution in [2.75, 3.05) is 6.61 Å². The quantitative estimate of drug-likeness (QED) is 0.225. The minimum Gasteiger partial charge on any atom is -0.465 e. The number of ether oxygens (including phenoxy) is 1. The van der Waals surface area contributed by atoms with Gasteiger partial charge in [-0.05, 0) is 63.3 Å². The van der Waals surface area contributed by atoms with Gasteiger partial charge in [0.05, 0.1) is 18.1 Å². The summed E-state index contributed by atoms with van der Waals surface area (Å²) in [6.45, 7) is 21.7. The lowest BCUT2D eigenvalue weighted by atomic mass is 9.89. The molecule has 0 unspecified atom stereocenters. The van der Waals surface area contributed by atoms with Crippen LogP contribution in [0.1, 0.15) is 49.7 Å². The first-order valence-electron chi connectivity index (χ1n) is 10.5. The Morgan fingerprint density at radius 1 is 1.28 bits per heavy atom. The van der Waals surface area contributed by atoms with Crippen LogP contribution in [0.2, 0.25) is 25.7 Å². The second-order valence-electron chi connectivity index (χ2n) is 9.60. The molecule has 1 aliphatic rings. The number of allylic oxidation sites excluding steroid dienone is 2. The number of furan rings is 1. The van der Waals surface area contributed by atoms with Crippen LogP contribution in [0, 0.1) is 12.8 Å². The maximum Gasteiger partial charge on any atom is 0.341 e. The fourth-order valence-electron chi connectivity index (χ4n) is 3.39. The summed E-state index contributed by atoms with van der Waals surface area (Å²) in [4.78, 5) is 12.8. The van der Waals surface area contributed by atoms with E-state index in [9.17, 15) is 4.79 Å². The molecule has 0 amide bonds. The van der Waals surface area contributed by atoms with Gasteiger partial charge in [-0.25, -0.2) is 4.79 Å². The van der Waals surface area contributed by atoms with Crippen molar-refractivity contribution in [3.8, 4) is 0 Å². The normalized spacial score (nSPS) is 19.9. The van der Waals surface area contributed by atoms with Gasteiger partial charge in [0.2, 0.25) is 0 Å². The average Bonchev–Trinajstić information content (AvgIpc) is 2.92. The van der Waals surface area contributed by atoms with E-state index in [1.165, 1.54) is 0 Å². The van der Waals surface area contributed by atoms with Crippen molar-refractivity contribution in [2.45, 2.75) is 71.6 Å². The monoisotopic (exact) mass is 412 g/mol. The van der Waals surface area contributed by atoms with E-state index in [1.54, 1.807) is 0 Å². The van der Waals surface area contributed by atoms with Gasteiger partial charge in [0.15, 0.2) is 0 Å².